The Kier molecular flexibility index (Phi) is 10.2. The van der Waals surface area contributed by atoms with Crippen molar-refractivity contribution in [2.75, 3.05) is 23.0 Å². The van der Waals surface area contributed by atoms with E-state index < -0.39 is 23.8 Å². The average molecular weight is 595 g/mol. The van der Waals surface area contributed by atoms with Crippen LogP contribution in [0.2, 0.25) is 0 Å². The molecular weight excluding hydrogens is 548 g/mol. The first-order valence-electron chi connectivity index (χ1n) is 15.1. The van der Waals surface area contributed by atoms with Crippen molar-refractivity contribution in [2.24, 2.45) is 0 Å². The van der Waals surface area contributed by atoms with Crippen LogP contribution in [0.15, 0.2) is 48.8 Å². The van der Waals surface area contributed by atoms with Crippen molar-refractivity contribution in [2.45, 2.75) is 103 Å². The fourth-order valence-electron chi connectivity index (χ4n) is 5.52. The largest absolute Gasteiger partial charge is 0.444 e. The van der Waals surface area contributed by atoms with E-state index in [4.69, 9.17) is 4.74 Å². The number of thioether (sulfide) groups is 1. The molecule has 228 valence electrons. The molecule has 3 amide bonds. The summed E-state index contributed by atoms with van der Waals surface area (Å²) in [5.74, 6) is 0.565. The number of amides is 3. The van der Waals surface area contributed by atoms with Crippen LogP contribution < -0.4 is 10.2 Å². The van der Waals surface area contributed by atoms with E-state index in [1.165, 1.54) is 11.3 Å². The van der Waals surface area contributed by atoms with E-state index in [-0.39, 0.29) is 23.3 Å². The number of aromatic nitrogens is 1. The second kappa shape index (κ2) is 13.5. The molecule has 1 saturated carbocycles. The molecule has 2 heterocycles. The van der Waals surface area contributed by atoms with E-state index in [1.54, 1.807) is 35.1 Å². The first-order valence-corrected chi connectivity index (χ1v) is 16.2. The number of nitrogens with one attached hydrogen (secondary N) is 1. The molecule has 0 bridgehead atoms. The number of ether oxygens (including phenoxy) is 1. The summed E-state index contributed by atoms with van der Waals surface area (Å²) >= 11 is 1.62. The van der Waals surface area contributed by atoms with Crippen molar-refractivity contribution in [3.63, 3.8) is 0 Å². The Morgan fingerprint density at radius 3 is 2.31 bits per heavy atom. The van der Waals surface area contributed by atoms with Gasteiger partial charge in [-0.3, -0.25) is 24.4 Å². The van der Waals surface area contributed by atoms with E-state index in [9.17, 15) is 14.4 Å². The molecule has 2 aromatic rings. The minimum absolute atomic E-state index is 0.0640. The summed E-state index contributed by atoms with van der Waals surface area (Å²) in [7, 11) is 0. The zero-order valence-electron chi connectivity index (χ0n) is 25.9. The molecule has 0 spiro atoms. The number of pyridine rings is 1. The van der Waals surface area contributed by atoms with E-state index in [2.05, 4.69) is 31.1 Å². The van der Waals surface area contributed by atoms with Crippen LogP contribution in [0.3, 0.4) is 0 Å². The topological polar surface area (TPSA) is 91.8 Å². The molecule has 2 aliphatic rings. The van der Waals surface area contributed by atoms with E-state index >= 15 is 0 Å². The summed E-state index contributed by atoms with van der Waals surface area (Å²) < 4.78 is 5.71. The Labute approximate surface area is 255 Å². The van der Waals surface area contributed by atoms with Gasteiger partial charge in [0.2, 0.25) is 5.91 Å². The lowest BCUT2D eigenvalue weighted by molar-refractivity contribution is -0.129. The predicted octanol–water partition coefficient (Wildman–Crippen LogP) is 6.25. The highest BCUT2D eigenvalue weighted by Crippen LogP contribution is 2.33. The van der Waals surface area contributed by atoms with Crippen LogP contribution in [-0.4, -0.2) is 63.5 Å². The smallest absolute Gasteiger partial charge is 0.411 e. The third kappa shape index (κ3) is 8.06. The Hall–Kier alpha value is -3.07. The molecule has 9 heteroatoms. The highest BCUT2D eigenvalue weighted by Gasteiger charge is 2.42. The van der Waals surface area contributed by atoms with Gasteiger partial charge in [0.05, 0.1) is 0 Å². The fourth-order valence-corrected chi connectivity index (χ4v) is 6.55. The third-order valence-corrected chi connectivity index (χ3v) is 8.77. The molecule has 1 N–H and O–H groups in total. The van der Waals surface area contributed by atoms with Gasteiger partial charge in [-0.1, -0.05) is 58.2 Å². The summed E-state index contributed by atoms with van der Waals surface area (Å²) in [6.07, 6.45) is 7.95. The lowest BCUT2D eigenvalue weighted by Crippen LogP contribution is -2.58. The fraction of sp³-hybridized carbons (Fsp3) is 0.576. The summed E-state index contributed by atoms with van der Waals surface area (Å²) in [6.45, 7) is 12.3. The molecule has 1 aliphatic carbocycles. The third-order valence-electron chi connectivity index (χ3n) is 7.75. The molecule has 2 atom stereocenters. The zero-order chi connectivity index (χ0) is 30.5. The molecule has 1 aromatic carbocycles. The van der Waals surface area contributed by atoms with E-state index in [0.717, 1.165) is 31.2 Å². The van der Waals surface area contributed by atoms with Crippen LogP contribution in [0.1, 0.15) is 90.8 Å². The van der Waals surface area contributed by atoms with Gasteiger partial charge >= 0.3 is 6.09 Å². The molecule has 1 saturated heterocycles. The summed E-state index contributed by atoms with van der Waals surface area (Å²) in [5.41, 5.74) is 1.55. The van der Waals surface area contributed by atoms with Gasteiger partial charge in [-0.05, 0) is 62.8 Å². The number of nitrogens with zero attached hydrogens (tertiary/aromatic N) is 3. The lowest BCUT2D eigenvalue weighted by Gasteiger charge is -2.40. The van der Waals surface area contributed by atoms with Gasteiger partial charge in [0.1, 0.15) is 17.7 Å². The standard InChI is InChI=1S/C33H46N4O4S/c1-32(2,3)24-14-16-26(17-15-24)37(30(39)27-22-42-20-19-36(27)31(40)41-33(4,5)6)28(23-11-10-18-34-21-23)29(38)35-25-12-8-7-9-13-25/h10-11,14-18,21,25,27-28H,7-9,12-13,19-20,22H2,1-6H3,(H,35,38)/t27-,28?/m1/s1. The van der Waals surface area contributed by atoms with Crippen molar-refractivity contribution in [1.82, 2.24) is 15.2 Å². The maximum absolute atomic E-state index is 14.7. The van der Waals surface area contributed by atoms with Gasteiger partial charge in [-0.2, -0.15) is 11.8 Å². The number of anilines is 1. The van der Waals surface area contributed by atoms with E-state index in [1.807, 2.05) is 51.1 Å². The molecule has 2 fully saturated rings. The minimum Gasteiger partial charge on any atom is -0.444 e. The Morgan fingerprint density at radius 2 is 1.71 bits per heavy atom. The molecule has 8 nitrogen and oxygen atoms in total. The van der Waals surface area contributed by atoms with Gasteiger partial charge in [0, 0.05) is 47.7 Å². The number of hydrogen-bond donors (Lipinski definition) is 1. The number of hydrogen-bond acceptors (Lipinski definition) is 6. The number of rotatable bonds is 6. The second-order valence-corrected chi connectivity index (χ2v) is 14.5. The van der Waals surface area contributed by atoms with Crippen molar-refractivity contribution in [1.29, 1.82) is 0 Å². The molecule has 1 aromatic heterocycles. The highest BCUT2D eigenvalue weighted by atomic mass is 32.2. The van der Waals surface area contributed by atoms with Crippen LogP contribution >= 0.6 is 11.8 Å². The first kappa shape index (κ1) is 31.9. The summed E-state index contributed by atoms with van der Waals surface area (Å²) in [5, 5.41) is 3.26. The molecule has 1 unspecified atom stereocenters. The normalized spacial score (nSPS) is 19.1. The molecule has 0 radical (unpaired) electrons. The monoisotopic (exact) mass is 594 g/mol. The minimum atomic E-state index is -0.957. The molecule has 1 aliphatic heterocycles. The molecule has 4 rings (SSSR count). The quantitative estimate of drug-likeness (QED) is 0.425. The van der Waals surface area contributed by atoms with Crippen LogP contribution in [0.25, 0.3) is 0 Å². The molecule has 42 heavy (non-hydrogen) atoms. The average Bonchev–Trinajstić information content (AvgIpc) is 2.95. The lowest BCUT2D eigenvalue weighted by atomic mass is 9.87. The first-order chi connectivity index (χ1) is 19.8. The van der Waals surface area contributed by atoms with Gasteiger partial charge < -0.3 is 10.1 Å². The SMILES string of the molecule is CC(C)(C)OC(=O)N1CCSC[C@@H]1C(=O)N(c1ccc(C(C)(C)C)cc1)C(C(=O)NC1CCCCC1)c1cccnc1. The van der Waals surface area contributed by atoms with Gasteiger partial charge in [0.15, 0.2) is 0 Å². The van der Waals surface area contributed by atoms with Crippen molar-refractivity contribution >= 4 is 35.4 Å². The Balaban J connectivity index is 1.79. The van der Waals surface area contributed by atoms with Gasteiger partial charge in [-0.25, -0.2) is 4.79 Å². The highest BCUT2D eigenvalue weighted by molar-refractivity contribution is 7.99. The Morgan fingerprint density at radius 1 is 1.02 bits per heavy atom. The van der Waals surface area contributed by atoms with Crippen LogP contribution in [0, 0.1) is 0 Å². The predicted molar refractivity (Wildman–Crippen MR) is 169 cm³/mol. The van der Waals surface area contributed by atoms with Crippen molar-refractivity contribution in [3.05, 3.63) is 59.9 Å². The van der Waals surface area contributed by atoms with E-state index in [0.29, 0.717) is 29.3 Å². The summed E-state index contributed by atoms with van der Waals surface area (Å²) in [6, 6.07) is 9.77. The number of carbonyl (C=O) groups is 3. The summed E-state index contributed by atoms with van der Waals surface area (Å²) in [4.78, 5) is 49.7. The number of carbonyl (C=O) groups excluding carboxylic acids is 3. The number of benzene rings is 1. The van der Waals surface area contributed by atoms with Gasteiger partial charge in [0.25, 0.3) is 5.91 Å². The maximum atomic E-state index is 14.7. The van der Waals surface area contributed by atoms with Crippen molar-refractivity contribution in [3.8, 4) is 0 Å². The van der Waals surface area contributed by atoms with Crippen LogP contribution in [-0.2, 0) is 19.7 Å². The van der Waals surface area contributed by atoms with Crippen LogP contribution in [0.5, 0.6) is 0 Å². The maximum Gasteiger partial charge on any atom is 0.411 e. The van der Waals surface area contributed by atoms with Crippen molar-refractivity contribution < 1.29 is 19.1 Å². The second-order valence-electron chi connectivity index (χ2n) is 13.3. The van der Waals surface area contributed by atoms with Crippen LogP contribution in [0.4, 0.5) is 10.5 Å². The Bertz CT molecular complexity index is 1220. The zero-order valence-corrected chi connectivity index (χ0v) is 26.7. The van der Waals surface area contributed by atoms with Gasteiger partial charge in [-0.15, -0.1) is 0 Å². The molecular formula is C33H46N4O4S.